The van der Waals surface area contributed by atoms with Crippen LogP contribution < -0.4 is 15.6 Å². The van der Waals surface area contributed by atoms with Gasteiger partial charge in [0, 0.05) is 5.69 Å². The number of nitrogens with zero attached hydrogens (tertiary/aromatic N) is 3. The van der Waals surface area contributed by atoms with Gasteiger partial charge in [-0.3, -0.25) is 14.2 Å². The number of methoxy groups -OCH3 is 1. The van der Waals surface area contributed by atoms with Gasteiger partial charge in [0.25, 0.3) is 5.56 Å². The average molecular weight is 418 g/mol. The molecule has 1 aromatic carbocycles. The van der Waals surface area contributed by atoms with E-state index in [1.165, 1.54) is 23.6 Å². The summed E-state index contributed by atoms with van der Waals surface area (Å²) in [5, 5.41) is 3.55. The Labute approximate surface area is 177 Å². The average Bonchev–Trinajstić information content (AvgIpc) is 3.16. The third-order valence-electron chi connectivity index (χ3n) is 5.84. The summed E-state index contributed by atoms with van der Waals surface area (Å²) in [7, 11) is 1.53. The number of anilines is 1. The molecule has 0 aliphatic heterocycles. The van der Waals surface area contributed by atoms with Crippen molar-refractivity contribution < 1.29 is 13.9 Å². The van der Waals surface area contributed by atoms with E-state index in [4.69, 9.17) is 9.15 Å². The second-order valence-electron chi connectivity index (χ2n) is 7.76. The Morgan fingerprint density at radius 2 is 2.06 bits per heavy atom. The number of rotatable bonds is 4. The lowest BCUT2D eigenvalue weighted by molar-refractivity contribution is -0.118. The Kier molecular flexibility index (Phi) is 4.69. The van der Waals surface area contributed by atoms with Crippen molar-refractivity contribution in [3.63, 3.8) is 0 Å². The highest BCUT2D eigenvalue weighted by atomic mass is 16.5. The Morgan fingerprint density at radius 3 is 2.90 bits per heavy atom. The highest BCUT2D eigenvalue weighted by Gasteiger charge is 2.23. The van der Waals surface area contributed by atoms with Gasteiger partial charge in [0.05, 0.1) is 24.5 Å². The number of carbonyl (C=O) groups excluding carboxylic acids is 1. The van der Waals surface area contributed by atoms with Crippen molar-refractivity contribution in [2.45, 2.75) is 38.6 Å². The van der Waals surface area contributed by atoms with E-state index >= 15 is 0 Å². The number of aryl methyl sites for hydroxylation is 2. The normalized spacial score (nSPS) is 14.4. The van der Waals surface area contributed by atoms with Crippen molar-refractivity contribution in [2.75, 3.05) is 12.4 Å². The van der Waals surface area contributed by atoms with Crippen LogP contribution in [0.1, 0.15) is 37.1 Å². The molecule has 5 rings (SSSR count). The van der Waals surface area contributed by atoms with Crippen LogP contribution in [0.2, 0.25) is 0 Å². The lowest BCUT2D eigenvalue weighted by Crippen LogP contribution is -2.31. The largest absolute Gasteiger partial charge is 0.495 e. The maximum absolute atomic E-state index is 13.1. The van der Waals surface area contributed by atoms with E-state index in [1.54, 1.807) is 25.1 Å². The highest BCUT2D eigenvalue weighted by Crippen LogP contribution is 2.29. The molecule has 31 heavy (non-hydrogen) atoms. The smallest absolute Gasteiger partial charge is 0.297 e. The van der Waals surface area contributed by atoms with Gasteiger partial charge in [-0.2, -0.15) is 0 Å². The molecule has 0 saturated heterocycles. The first kappa shape index (κ1) is 19.3. The van der Waals surface area contributed by atoms with Crippen LogP contribution in [0.5, 0.6) is 5.75 Å². The number of fused-ring (bicyclic) bond motifs is 4. The van der Waals surface area contributed by atoms with E-state index in [2.05, 4.69) is 15.3 Å². The quantitative estimate of drug-likeness (QED) is 0.543. The monoisotopic (exact) mass is 418 g/mol. The van der Waals surface area contributed by atoms with E-state index in [1.807, 2.05) is 12.1 Å². The molecule has 0 bridgehead atoms. The molecule has 1 aliphatic carbocycles. The van der Waals surface area contributed by atoms with Crippen molar-refractivity contribution in [1.82, 2.24) is 14.5 Å². The number of nitrogens with one attached hydrogen (secondary N) is 1. The Balaban J connectivity index is 1.52. The van der Waals surface area contributed by atoms with Crippen LogP contribution >= 0.6 is 0 Å². The lowest BCUT2D eigenvalue weighted by atomic mass is 9.95. The number of pyridine rings is 1. The maximum atomic E-state index is 13.1. The third kappa shape index (κ3) is 3.24. The van der Waals surface area contributed by atoms with Crippen LogP contribution in [0.4, 0.5) is 5.69 Å². The predicted octanol–water partition coefficient (Wildman–Crippen LogP) is 3.62. The molecular weight excluding hydrogens is 396 g/mol. The van der Waals surface area contributed by atoms with Crippen LogP contribution in [-0.4, -0.2) is 27.6 Å². The molecule has 3 heterocycles. The summed E-state index contributed by atoms with van der Waals surface area (Å²) in [6.07, 6.45) is 5.53. The fraction of sp³-hybridized carbons (Fsp3) is 0.304. The predicted molar refractivity (Wildman–Crippen MR) is 117 cm³/mol. The Morgan fingerprint density at radius 1 is 1.26 bits per heavy atom. The summed E-state index contributed by atoms with van der Waals surface area (Å²) >= 11 is 0. The zero-order valence-electron chi connectivity index (χ0n) is 17.3. The minimum Gasteiger partial charge on any atom is -0.495 e. The zero-order chi connectivity index (χ0) is 21.5. The number of amides is 1. The summed E-state index contributed by atoms with van der Waals surface area (Å²) in [6, 6.07) is 8.33. The van der Waals surface area contributed by atoms with Gasteiger partial charge in [0.15, 0.2) is 0 Å². The van der Waals surface area contributed by atoms with Gasteiger partial charge in [-0.25, -0.2) is 9.97 Å². The fourth-order valence-corrected chi connectivity index (χ4v) is 4.08. The number of ether oxygens (including phenoxy) is 1. The number of furan rings is 1. The van der Waals surface area contributed by atoms with Crippen LogP contribution in [-0.2, 0) is 17.6 Å². The molecule has 1 amide bonds. The van der Waals surface area contributed by atoms with Gasteiger partial charge in [-0.15, -0.1) is 0 Å². The molecule has 1 N–H and O–H groups in total. The van der Waals surface area contributed by atoms with Crippen molar-refractivity contribution in [2.24, 2.45) is 0 Å². The number of aromatic nitrogens is 3. The van der Waals surface area contributed by atoms with Crippen LogP contribution in [0.3, 0.4) is 0 Å². The van der Waals surface area contributed by atoms with Gasteiger partial charge in [0.1, 0.15) is 17.3 Å². The Bertz CT molecular complexity index is 1370. The zero-order valence-corrected chi connectivity index (χ0v) is 17.3. The van der Waals surface area contributed by atoms with Crippen LogP contribution in [0.15, 0.2) is 45.9 Å². The first-order chi connectivity index (χ1) is 15.1. The molecule has 1 aliphatic rings. The summed E-state index contributed by atoms with van der Waals surface area (Å²) in [5.41, 5.74) is 3.36. The molecule has 0 saturated carbocycles. The second kappa shape index (κ2) is 7.54. The minimum atomic E-state index is -0.802. The highest BCUT2D eigenvalue weighted by molar-refractivity contribution is 6.01. The molecule has 1 atom stereocenters. The number of hydrogen-bond acceptors (Lipinski definition) is 6. The Hall–Kier alpha value is -3.68. The molecule has 3 aromatic heterocycles. The second-order valence-corrected chi connectivity index (χ2v) is 7.76. The third-order valence-corrected chi connectivity index (χ3v) is 5.84. The lowest BCUT2D eigenvalue weighted by Gasteiger charge is -2.16. The molecule has 0 spiro atoms. The molecule has 0 radical (unpaired) electrons. The van der Waals surface area contributed by atoms with E-state index < -0.39 is 11.6 Å². The molecule has 0 fully saturated rings. The standard InChI is InChI=1S/C23H22N4O4/c1-13(21(28)25-17-9-5-6-10-18(17)30-2)27-12-24-19-15-11-14-7-3-4-8-16(14)26-22(15)31-20(19)23(27)29/h5-6,9-13H,3-4,7-8H2,1-2H3,(H,25,28)/t13-/m1/s1. The van der Waals surface area contributed by atoms with Crippen molar-refractivity contribution >= 4 is 33.8 Å². The molecule has 0 unspecified atom stereocenters. The molecular formula is C23H22N4O4. The summed E-state index contributed by atoms with van der Waals surface area (Å²) < 4.78 is 12.4. The first-order valence-electron chi connectivity index (χ1n) is 10.3. The molecule has 8 heteroatoms. The van der Waals surface area contributed by atoms with Gasteiger partial charge < -0.3 is 14.5 Å². The number of carbonyl (C=O) groups is 1. The number of para-hydroxylation sites is 2. The summed E-state index contributed by atoms with van der Waals surface area (Å²) in [5.74, 6) is 0.175. The summed E-state index contributed by atoms with van der Waals surface area (Å²) in [4.78, 5) is 35.0. The molecule has 4 aromatic rings. The van der Waals surface area contributed by atoms with Gasteiger partial charge >= 0.3 is 0 Å². The van der Waals surface area contributed by atoms with Crippen LogP contribution in [0, 0.1) is 0 Å². The van der Waals surface area contributed by atoms with E-state index in [-0.39, 0.29) is 11.5 Å². The van der Waals surface area contributed by atoms with Crippen molar-refractivity contribution in [1.29, 1.82) is 0 Å². The van der Waals surface area contributed by atoms with Gasteiger partial charge in [-0.05, 0) is 56.4 Å². The molecule has 8 nitrogen and oxygen atoms in total. The SMILES string of the molecule is COc1ccccc1NC(=O)[C@@H](C)n1cnc2c(oc3nc4c(cc32)CCCC4)c1=O. The molecule has 158 valence electrons. The van der Waals surface area contributed by atoms with Crippen molar-refractivity contribution in [3.8, 4) is 5.75 Å². The summed E-state index contributed by atoms with van der Waals surface area (Å²) in [6.45, 7) is 1.64. The number of benzene rings is 1. The van der Waals surface area contributed by atoms with Gasteiger partial charge in [-0.1, -0.05) is 12.1 Å². The van der Waals surface area contributed by atoms with E-state index in [0.717, 1.165) is 36.8 Å². The van der Waals surface area contributed by atoms with E-state index in [9.17, 15) is 9.59 Å². The van der Waals surface area contributed by atoms with E-state index in [0.29, 0.717) is 22.7 Å². The van der Waals surface area contributed by atoms with Crippen LogP contribution in [0.25, 0.3) is 22.2 Å². The fourth-order valence-electron chi connectivity index (χ4n) is 4.08. The number of hydrogen-bond donors (Lipinski definition) is 1. The maximum Gasteiger partial charge on any atom is 0.297 e. The minimum absolute atomic E-state index is 0.115. The first-order valence-corrected chi connectivity index (χ1v) is 10.3. The van der Waals surface area contributed by atoms with Gasteiger partial charge in [0.2, 0.25) is 17.2 Å². The topological polar surface area (TPSA) is 99.2 Å². The van der Waals surface area contributed by atoms with Crippen molar-refractivity contribution in [3.05, 3.63) is 58.3 Å².